The SMILES string of the molecule is [2H]C([2H])([2H])c1cccc(-c2cnc(-n3c4ccccc4c4ccc(Oc5cccc(N6CN(c7c(-c8cccc(C(C)(C)C)c8)cccc7-c7ccc(-c8ccccc8)c(C(C)(C)C)c7)c7ccccc76)c5)cc43)cc2C(C)(C)C)c1. The summed E-state index contributed by atoms with van der Waals surface area (Å²) in [6.45, 7) is 18.7. The number of pyridine rings is 1. The number of anilines is 4. The highest BCUT2D eigenvalue weighted by atomic mass is 16.5. The van der Waals surface area contributed by atoms with Crippen molar-refractivity contribution in [2.45, 2.75) is 85.4 Å². The molecule has 0 unspecified atom stereocenters. The van der Waals surface area contributed by atoms with Crippen LogP contribution in [0.25, 0.3) is 72.1 Å². The van der Waals surface area contributed by atoms with Gasteiger partial charge in [0.2, 0.25) is 0 Å². The van der Waals surface area contributed by atoms with E-state index < -0.39 is 6.85 Å². The maximum atomic E-state index is 8.11. The van der Waals surface area contributed by atoms with Gasteiger partial charge in [-0.3, -0.25) is 4.57 Å². The fourth-order valence-electron chi connectivity index (χ4n) is 11.5. The summed E-state index contributed by atoms with van der Waals surface area (Å²) < 4.78 is 33.5. The summed E-state index contributed by atoms with van der Waals surface area (Å²) in [5.74, 6) is 2.18. The number of rotatable bonds is 9. The molecule has 5 heteroatoms. The molecule has 1 aliphatic heterocycles. The largest absolute Gasteiger partial charge is 0.457 e. The van der Waals surface area contributed by atoms with Gasteiger partial charge < -0.3 is 14.5 Å². The first-order valence-electron chi connectivity index (χ1n) is 28.7. The van der Waals surface area contributed by atoms with Gasteiger partial charge in [-0.05, 0) is 122 Å². The molecule has 0 amide bonds. The van der Waals surface area contributed by atoms with Crippen LogP contribution in [-0.2, 0) is 16.2 Å². The third-order valence-corrected chi connectivity index (χ3v) is 15.4. The minimum atomic E-state index is -2.22. The second-order valence-electron chi connectivity index (χ2n) is 23.9. The molecule has 0 saturated heterocycles. The van der Waals surface area contributed by atoms with E-state index in [0.717, 1.165) is 72.8 Å². The summed E-state index contributed by atoms with van der Waals surface area (Å²) in [7, 11) is 0. The normalized spacial score (nSPS) is 13.6. The molecule has 2 aromatic heterocycles. The molecule has 78 heavy (non-hydrogen) atoms. The summed E-state index contributed by atoms with van der Waals surface area (Å²) in [6.07, 6.45) is 1.90. The second kappa shape index (κ2) is 19.4. The van der Waals surface area contributed by atoms with E-state index in [1.54, 1.807) is 12.1 Å². The lowest BCUT2D eigenvalue weighted by atomic mass is 9.80. The molecule has 9 aromatic carbocycles. The maximum Gasteiger partial charge on any atom is 0.137 e. The number of aromatic nitrogens is 2. The highest BCUT2D eigenvalue weighted by Gasteiger charge is 2.33. The molecule has 12 rings (SSSR count). The van der Waals surface area contributed by atoms with Gasteiger partial charge in [-0.2, -0.15) is 0 Å². The first-order valence-corrected chi connectivity index (χ1v) is 27.2. The van der Waals surface area contributed by atoms with E-state index in [0.29, 0.717) is 18.0 Å². The average Bonchev–Trinajstić information content (AvgIpc) is 3.78. The zero-order valence-corrected chi connectivity index (χ0v) is 46.2. The van der Waals surface area contributed by atoms with E-state index >= 15 is 0 Å². The van der Waals surface area contributed by atoms with Crippen molar-refractivity contribution in [2.75, 3.05) is 16.5 Å². The molecule has 3 heterocycles. The van der Waals surface area contributed by atoms with Crippen LogP contribution in [0.2, 0.25) is 0 Å². The van der Waals surface area contributed by atoms with Crippen LogP contribution in [0.15, 0.2) is 219 Å². The lowest BCUT2D eigenvalue weighted by molar-refractivity contribution is 0.483. The van der Waals surface area contributed by atoms with Crippen LogP contribution < -0.4 is 14.5 Å². The lowest BCUT2D eigenvalue weighted by Crippen LogP contribution is -2.25. The van der Waals surface area contributed by atoms with Crippen LogP contribution >= 0.6 is 0 Å². The van der Waals surface area contributed by atoms with Crippen molar-refractivity contribution in [1.82, 2.24) is 9.55 Å². The maximum absolute atomic E-state index is 8.11. The molecule has 0 bridgehead atoms. The summed E-state index contributed by atoms with van der Waals surface area (Å²) in [6, 6.07) is 75.0. The van der Waals surface area contributed by atoms with Crippen molar-refractivity contribution in [3.63, 3.8) is 0 Å². The third kappa shape index (κ3) is 9.31. The minimum Gasteiger partial charge on any atom is -0.457 e. The molecule has 0 radical (unpaired) electrons. The number of benzene rings is 9. The van der Waals surface area contributed by atoms with Gasteiger partial charge in [-0.1, -0.05) is 213 Å². The van der Waals surface area contributed by atoms with E-state index in [-0.39, 0.29) is 16.2 Å². The summed E-state index contributed by atoms with van der Waals surface area (Å²) >= 11 is 0. The Kier molecular flexibility index (Phi) is 11.6. The Bertz CT molecular complexity index is 4190. The van der Waals surface area contributed by atoms with Crippen molar-refractivity contribution in [1.29, 1.82) is 0 Å². The Morgan fingerprint density at radius 3 is 1.79 bits per heavy atom. The van der Waals surface area contributed by atoms with Gasteiger partial charge in [0.05, 0.1) is 28.1 Å². The lowest BCUT2D eigenvalue weighted by Gasteiger charge is -2.29. The fraction of sp³-hybridized carbons (Fsp3) is 0.192. The molecule has 0 N–H and O–H groups in total. The second-order valence-corrected chi connectivity index (χ2v) is 23.9. The topological polar surface area (TPSA) is 33.5 Å². The summed E-state index contributed by atoms with van der Waals surface area (Å²) in [5.41, 5.74) is 18.8. The molecule has 5 nitrogen and oxygen atoms in total. The van der Waals surface area contributed by atoms with Crippen molar-refractivity contribution >= 4 is 44.6 Å². The first kappa shape index (κ1) is 46.6. The van der Waals surface area contributed by atoms with E-state index in [4.69, 9.17) is 13.8 Å². The Morgan fingerprint density at radius 2 is 1.05 bits per heavy atom. The molecule has 0 saturated carbocycles. The quantitative estimate of drug-likeness (QED) is 0.144. The van der Waals surface area contributed by atoms with Crippen LogP contribution in [-0.4, -0.2) is 16.2 Å². The van der Waals surface area contributed by atoms with Gasteiger partial charge in [-0.25, -0.2) is 4.98 Å². The van der Waals surface area contributed by atoms with Crippen molar-refractivity contribution in [3.8, 4) is 61.8 Å². The van der Waals surface area contributed by atoms with E-state index in [2.05, 4.69) is 259 Å². The van der Waals surface area contributed by atoms with Gasteiger partial charge >= 0.3 is 0 Å². The highest BCUT2D eigenvalue weighted by Crippen LogP contribution is 2.52. The standard InChI is InChI=1S/C73H68N4O/c1-48-22-18-25-50(40-48)62-46-74-69(45-64(62)73(8,9)10)77-65-33-15-14-30-60(65)61-39-37-56(44-68(61)77)78-55-29-20-28-54(43-55)75-47-76(67-35-17-16-34-66(67)75)70-58(51-26-19-27-53(41-51)71(2,3)4)31-21-32-59(70)52-36-38-57(49-23-12-11-13-24-49)63(42-52)72(5,6)7/h11-46H,47H2,1-10H3/i1D3. The van der Waals surface area contributed by atoms with Crippen molar-refractivity contribution in [3.05, 3.63) is 241 Å². The Labute approximate surface area is 465 Å². The fourth-order valence-corrected chi connectivity index (χ4v) is 11.5. The van der Waals surface area contributed by atoms with Crippen LogP contribution in [0.4, 0.5) is 22.7 Å². The number of para-hydroxylation sites is 4. The van der Waals surface area contributed by atoms with Gasteiger partial charge in [0.1, 0.15) is 24.0 Å². The number of fused-ring (bicyclic) bond motifs is 4. The zero-order valence-electron chi connectivity index (χ0n) is 49.2. The summed E-state index contributed by atoms with van der Waals surface area (Å²) in [4.78, 5) is 10.0. The van der Waals surface area contributed by atoms with Gasteiger partial charge in [0.15, 0.2) is 0 Å². The molecular weight excluding hydrogens is 949 g/mol. The minimum absolute atomic E-state index is 0.0305. The first-order chi connectivity index (χ1) is 38.7. The van der Waals surface area contributed by atoms with Crippen molar-refractivity contribution < 1.29 is 8.85 Å². The summed E-state index contributed by atoms with van der Waals surface area (Å²) in [5, 5.41) is 2.19. The molecule has 0 spiro atoms. The average molecular weight is 1020 g/mol. The van der Waals surface area contributed by atoms with E-state index in [1.165, 1.54) is 44.5 Å². The molecule has 0 fully saturated rings. The smallest absolute Gasteiger partial charge is 0.137 e. The Balaban J connectivity index is 0.935. The van der Waals surface area contributed by atoms with Crippen LogP contribution in [0.1, 0.15) is 88.7 Å². The molecular formula is C73H68N4O. The van der Waals surface area contributed by atoms with Gasteiger partial charge in [0.25, 0.3) is 0 Å². The molecule has 0 aliphatic carbocycles. The molecule has 386 valence electrons. The highest BCUT2D eigenvalue weighted by molar-refractivity contribution is 6.09. The molecule has 11 aromatic rings. The number of ether oxygens (including phenoxy) is 1. The monoisotopic (exact) mass is 1020 g/mol. The number of nitrogens with zero attached hydrogens (tertiary/aromatic N) is 4. The van der Waals surface area contributed by atoms with E-state index in [1.807, 2.05) is 24.4 Å². The van der Waals surface area contributed by atoms with Gasteiger partial charge in [-0.15, -0.1) is 0 Å². The Morgan fingerprint density at radius 1 is 0.436 bits per heavy atom. The molecule has 1 aliphatic rings. The van der Waals surface area contributed by atoms with Crippen LogP contribution in [0.3, 0.4) is 0 Å². The number of hydrogen-bond donors (Lipinski definition) is 0. The number of hydrogen-bond acceptors (Lipinski definition) is 4. The third-order valence-electron chi connectivity index (χ3n) is 15.4. The van der Waals surface area contributed by atoms with Crippen LogP contribution in [0.5, 0.6) is 11.5 Å². The van der Waals surface area contributed by atoms with Crippen LogP contribution in [0, 0.1) is 6.85 Å². The Hall–Kier alpha value is -8.67. The van der Waals surface area contributed by atoms with Crippen molar-refractivity contribution in [2.24, 2.45) is 0 Å². The predicted molar refractivity (Wildman–Crippen MR) is 330 cm³/mol. The number of aryl methyl sites for hydroxylation is 1. The molecule has 0 atom stereocenters. The van der Waals surface area contributed by atoms with E-state index in [9.17, 15) is 0 Å². The van der Waals surface area contributed by atoms with Gasteiger partial charge in [0, 0.05) is 55.6 Å². The zero-order chi connectivity index (χ0) is 56.6. The predicted octanol–water partition coefficient (Wildman–Crippen LogP) is 20.1.